The highest BCUT2D eigenvalue weighted by atomic mass is 16.3. The number of hydrogen-bond acceptors (Lipinski definition) is 1. The Balaban J connectivity index is 2.00. The molecular formula is C13H12NO. The summed E-state index contributed by atoms with van der Waals surface area (Å²) in [6.07, 6.45) is 9.03. The highest BCUT2D eigenvalue weighted by molar-refractivity contribution is 5.51. The van der Waals surface area contributed by atoms with Crippen LogP contribution < -0.4 is 0 Å². The number of hydrogen-bond donors (Lipinski definition) is 1. The van der Waals surface area contributed by atoms with Crippen LogP contribution in [0.3, 0.4) is 0 Å². The summed E-state index contributed by atoms with van der Waals surface area (Å²) in [4.78, 5) is 0. The lowest BCUT2D eigenvalue weighted by atomic mass is 10.2. The van der Waals surface area contributed by atoms with Gasteiger partial charge in [-0.15, -0.1) is 0 Å². The SMILES string of the molecule is Oc1cccc(/C=C/Cn2[c]ccc2)c1. The van der Waals surface area contributed by atoms with Gasteiger partial charge in [-0.05, 0) is 29.8 Å². The molecule has 0 bridgehead atoms. The van der Waals surface area contributed by atoms with E-state index in [9.17, 15) is 5.11 Å². The molecule has 0 atom stereocenters. The Morgan fingerprint density at radius 1 is 1.33 bits per heavy atom. The Kier molecular flexibility index (Phi) is 2.88. The van der Waals surface area contributed by atoms with Crippen LogP contribution in [0.2, 0.25) is 0 Å². The van der Waals surface area contributed by atoms with Gasteiger partial charge < -0.3 is 9.67 Å². The zero-order valence-electron chi connectivity index (χ0n) is 8.30. The van der Waals surface area contributed by atoms with Gasteiger partial charge in [-0.2, -0.15) is 0 Å². The predicted molar refractivity (Wildman–Crippen MR) is 60.4 cm³/mol. The van der Waals surface area contributed by atoms with Crippen LogP contribution in [-0.4, -0.2) is 9.67 Å². The molecule has 75 valence electrons. The van der Waals surface area contributed by atoms with Crippen LogP contribution in [-0.2, 0) is 6.54 Å². The van der Waals surface area contributed by atoms with E-state index >= 15 is 0 Å². The minimum absolute atomic E-state index is 0.296. The van der Waals surface area contributed by atoms with E-state index in [1.54, 1.807) is 12.1 Å². The molecule has 0 fully saturated rings. The normalized spacial score (nSPS) is 10.9. The smallest absolute Gasteiger partial charge is 0.116 e. The number of rotatable bonds is 3. The van der Waals surface area contributed by atoms with Crippen LogP contribution in [0, 0.1) is 6.20 Å². The summed E-state index contributed by atoms with van der Waals surface area (Å²) < 4.78 is 1.96. The molecule has 0 unspecified atom stereocenters. The van der Waals surface area contributed by atoms with Crippen LogP contribution in [0.25, 0.3) is 6.08 Å². The van der Waals surface area contributed by atoms with Crippen molar-refractivity contribution >= 4 is 6.08 Å². The minimum Gasteiger partial charge on any atom is -0.508 e. The second-order valence-electron chi connectivity index (χ2n) is 3.29. The van der Waals surface area contributed by atoms with Crippen LogP contribution in [0.15, 0.2) is 48.7 Å². The Labute approximate surface area is 89.1 Å². The van der Waals surface area contributed by atoms with Gasteiger partial charge >= 0.3 is 0 Å². The van der Waals surface area contributed by atoms with E-state index in [0.717, 1.165) is 12.1 Å². The van der Waals surface area contributed by atoms with Crippen LogP contribution in [0.1, 0.15) is 5.56 Å². The number of aromatic nitrogens is 1. The average Bonchev–Trinajstić information content (AvgIpc) is 2.71. The number of allylic oxidation sites excluding steroid dienone is 1. The van der Waals surface area contributed by atoms with Crippen molar-refractivity contribution in [2.45, 2.75) is 6.54 Å². The summed E-state index contributed by atoms with van der Waals surface area (Å²) in [7, 11) is 0. The lowest BCUT2D eigenvalue weighted by molar-refractivity contribution is 0.475. The van der Waals surface area contributed by atoms with Gasteiger partial charge in [0.05, 0.1) is 6.20 Å². The van der Waals surface area contributed by atoms with Crippen molar-refractivity contribution in [3.63, 3.8) is 0 Å². The standard InChI is InChI=1S/C13H12NO/c15-13-7-3-5-12(11-13)6-4-10-14-8-1-2-9-14/h1-8,11,15H,10H2/b6-4+. The maximum atomic E-state index is 9.25. The summed E-state index contributed by atoms with van der Waals surface area (Å²) >= 11 is 0. The monoisotopic (exact) mass is 198 g/mol. The van der Waals surface area contributed by atoms with Crippen LogP contribution >= 0.6 is 0 Å². The van der Waals surface area contributed by atoms with E-state index < -0.39 is 0 Å². The Morgan fingerprint density at radius 2 is 2.27 bits per heavy atom. The predicted octanol–water partition coefficient (Wildman–Crippen LogP) is 2.71. The topological polar surface area (TPSA) is 25.2 Å². The van der Waals surface area contributed by atoms with E-state index in [-0.39, 0.29) is 0 Å². The van der Waals surface area contributed by atoms with Crippen molar-refractivity contribution in [3.8, 4) is 5.75 Å². The first-order valence-corrected chi connectivity index (χ1v) is 4.83. The molecule has 0 aliphatic carbocycles. The van der Waals surface area contributed by atoms with Crippen LogP contribution in [0.5, 0.6) is 5.75 Å². The minimum atomic E-state index is 0.296. The first-order valence-electron chi connectivity index (χ1n) is 4.83. The highest BCUT2D eigenvalue weighted by Crippen LogP contribution is 2.12. The third-order valence-corrected chi connectivity index (χ3v) is 2.09. The Morgan fingerprint density at radius 3 is 3.00 bits per heavy atom. The summed E-state index contributed by atoms with van der Waals surface area (Å²) in [5.74, 6) is 0.296. The number of benzene rings is 1. The van der Waals surface area contributed by atoms with Gasteiger partial charge in [-0.3, -0.25) is 0 Å². The molecule has 0 aliphatic heterocycles. The molecule has 1 heterocycles. The molecular weight excluding hydrogens is 186 g/mol. The Hall–Kier alpha value is -1.96. The maximum Gasteiger partial charge on any atom is 0.116 e. The number of phenolic OH excluding ortho intramolecular Hbond substituents is 1. The average molecular weight is 198 g/mol. The maximum absolute atomic E-state index is 9.25. The molecule has 1 aromatic carbocycles. The fourth-order valence-corrected chi connectivity index (χ4v) is 1.37. The van der Waals surface area contributed by atoms with E-state index in [4.69, 9.17) is 0 Å². The number of aromatic hydroxyl groups is 1. The van der Waals surface area contributed by atoms with Crippen molar-refractivity contribution in [2.24, 2.45) is 0 Å². The van der Waals surface area contributed by atoms with Gasteiger partial charge in [-0.25, -0.2) is 0 Å². The van der Waals surface area contributed by atoms with E-state index in [1.165, 1.54) is 0 Å². The van der Waals surface area contributed by atoms with Crippen molar-refractivity contribution in [1.82, 2.24) is 4.57 Å². The van der Waals surface area contributed by atoms with Gasteiger partial charge in [0.25, 0.3) is 0 Å². The van der Waals surface area contributed by atoms with Gasteiger partial charge in [0, 0.05) is 12.7 Å². The molecule has 0 aliphatic rings. The second kappa shape index (κ2) is 4.51. The highest BCUT2D eigenvalue weighted by Gasteiger charge is 1.89. The molecule has 0 saturated carbocycles. The molecule has 2 nitrogen and oxygen atoms in total. The number of phenols is 1. The van der Waals surface area contributed by atoms with Crippen LogP contribution in [0.4, 0.5) is 0 Å². The van der Waals surface area contributed by atoms with Gasteiger partial charge in [0.2, 0.25) is 0 Å². The van der Waals surface area contributed by atoms with Gasteiger partial charge in [-0.1, -0.05) is 24.3 Å². The van der Waals surface area contributed by atoms with Gasteiger partial charge in [0.15, 0.2) is 0 Å². The van der Waals surface area contributed by atoms with Crippen molar-refractivity contribution in [1.29, 1.82) is 0 Å². The lowest BCUT2D eigenvalue weighted by Gasteiger charge is -1.96. The summed E-state index contributed by atoms with van der Waals surface area (Å²) in [5.41, 5.74) is 1.00. The summed E-state index contributed by atoms with van der Waals surface area (Å²) in [6, 6.07) is 11.0. The molecule has 0 spiro atoms. The summed E-state index contributed by atoms with van der Waals surface area (Å²) in [5, 5.41) is 9.25. The van der Waals surface area contributed by atoms with Crippen molar-refractivity contribution in [2.75, 3.05) is 0 Å². The molecule has 0 saturated heterocycles. The third kappa shape index (κ3) is 2.74. The molecule has 0 amide bonds. The third-order valence-electron chi connectivity index (χ3n) is 2.09. The molecule has 1 N–H and O–H groups in total. The fraction of sp³-hybridized carbons (Fsp3) is 0.0769. The molecule has 1 radical (unpaired) electrons. The summed E-state index contributed by atoms with van der Waals surface area (Å²) in [6.45, 7) is 0.794. The zero-order chi connectivity index (χ0) is 10.5. The first kappa shape index (κ1) is 9.59. The van der Waals surface area contributed by atoms with E-state index in [0.29, 0.717) is 5.75 Å². The fourth-order valence-electron chi connectivity index (χ4n) is 1.37. The Bertz CT molecular complexity index is 443. The number of nitrogens with zero attached hydrogens (tertiary/aromatic N) is 1. The molecule has 2 aromatic rings. The largest absolute Gasteiger partial charge is 0.508 e. The molecule has 2 heteroatoms. The lowest BCUT2D eigenvalue weighted by Crippen LogP contribution is -1.89. The quantitative estimate of drug-likeness (QED) is 0.806. The van der Waals surface area contributed by atoms with Crippen molar-refractivity contribution in [3.05, 3.63) is 60.4 Å². The second-order valence-corrected chi connectivity index (χ2v) is 3.29. The van der Waals surface area contributed by atoms with Gasteiger partial charge in [0.1, 0.15) is 5.75 Å². The van der Waals surface area contributed by atoms with Crippen molar-refractivity contribution < 1.29 is 5.11 Å². The van der Waals surface area contributed by atoms with E-state index in [2.05, 4.69) is 6.20 Å². The molecule has 2 rings (SSSR count). The molecule has 15 heavy (non-hydrogen) atoms. The van der Waals surface area contributed by atoms with E-state index in [1.807, 2.05) is 47.2 Å². The first-order chi connectivity index (χ1) is 7.34. The zero-order valence-corrected chi connectivity index (χ0v) is 8.30. The molecule has 1 aromatic heterocycles.